The largest absolute Gasteiger partial charge is 0.478 e. The molecule has 2 amide bonds. The number of hydrogen-bond donors (Lipinski definition) is 1. The number of nitrogens with zero attached hydrogens (tertiary/aromatic N) is 2. The van der Waals surface area contributed by atoms with Crippen molar-refractivity contribution in [2.45, 2.75) is 24.3 Å². The van der Waals surface area contributed by atoms with Gasteiger partial charge in [0.05, 0.1) is 10.6 Å². The zero-order valence-electron chi connectivity index (χ0n) is 16.9. The van der Waals surface area contributed by atoms with E-state index in [1.54, 1.807) is 0 Å². The Morgan fingerprint density at radius 2 is 1.90 bits per heavy atom. The summed E-state index contributed by atoms with van der Waals surface area (Å²) >= 11 is 0. The normalized spacial score (nSPS) is 19.4. The maximum Gasteiger partial charge on any atom is 0.265 e. The molecule has 1 fully saturated rings. The first kappa shape index (κ1) is 21.3. The number of piperazine rings is 1. The van der Waals surface area contributed by atoms with Crippen molar-refractivity contribution in [1.29, 1.82) is 0 Å². The number of anilines is 1. The molecule has 0 saturated carbocycles. The van der Waals surface area contributed by atoms with Crippen LogP contribution in [0.5, 0.6) is 5.75 Å². The van der Waals surface area contributed by atoms with Gasteiger partial charge < -0.3 is 15.0 Å². The van der Waals surface area contributed by atoms with Crippen LogP contribution in [0.25, 0.3) is 0 Å². The molecular weight excluding hydrogens is 425 g/mol. The van der Waals surface area contributed by atoms with Gasteiger partial charge in [-0.15, -0.1) is 0 Å². The Morgan fingerprint density at radius 3 is 2.58 bits per heavy atom. The lowest BCUT2D eigenvalue weighted by molar-refractivity contribution is -0.123. The van der Waals surface area contributed by atoms with E-state index in [1.807, 2.05) is 6.92 Å². The quantitative estimate of drug-likeness (QED) is 0.774. The molecule has 2 aromatic rings. The van der Waals surface area contributed by atoms with Gasteiger partial charge in [0.1, 0.15) is 11.6 Å². The molecule has 1 N–H and O–H groups in total. The number of benzene rings is 2. The van der Waals surface area contributed by atoms with E-state index in [4.69, 9.17) is 4.74 Å². The highest BCUT2D eigenvalue weighted by Gasteiger charge is 2.32. The van der Waals surface area contributed by atoms with Gasteiger partial charge in [0.25, 0.3) is 11.8 Å². The molecule has 0 spiro atoms. The highest BCUT2D eigenvalue weighted by Crippen LogP contribution is 2.33. The Labute approximate surface area is 179 Å². The second kappa shape index (κ2) is 8.27. The standard InChI is InChI=1S/C21H22FN3O5S/c1-2-18-20(26)23-17-13-16(6-7-19(17)30-18)31(28,29)25-10-8-24(9-11-25)21(27)14-4-3-5-15(22)12-14/h3-7,12-13,18H,2,8-11H2,1H3,(H,23,26)/t18-/m1/s1. The molecule has 1 saturated heterocycles. The molecule has 2 aliphatic heterocycles. The third-order valence-electron chi connectivity index (χ3n) is 5.38. The van der Waals surface area contributed by atoms with Crippen molar-refractivity contribution >= 4 is 27.5 Å². The average molecular weight is 447 g/mol. The van der Waals surface area contributed by atoms with E-state index in [0.29, 0.717) is 17.9 Å². The number of halogens is 1. The first-order valence-corrected chi connectivity index (χ1v) is 11.4. The molecule has 0 aromatic heterocycles. The van der Waals surface area contributed by atoms with E-state index in [2.05, 4.69) is 5.32 Å². The van der Waals surface area contributed by atoms with Gasteiger partial charge in [0.15, 0.2) is 6.10 Å². The Hall–Kier alpha value is -2.98. The van der Waals surface area contributed by atoms with E-state index in [9.17, 15) is 22.4 Å². The minimum absolute atomic E-state index is 0.0370. The number of fused-ring (bicyclic) bond motifs is 1. The summed E-state index contributed by atoms with van der Waals surface area (Å²) in [5, 5.41) is 2.69. The molecule has 8 nitrogen and oxygen atoms in total. The van der Waals surface area contributed by atoms with Gasteiger partial charge in [-0.25, -0.2) is 12.8 Å². The van der Waals surface area contributed by atoms with Crippen molar-refractivity contribution in [2.75, 3.05) is 31.5 Å². The molecule has 0 unspecified atom stereocenters. The number of carbonyl (C=O) groups is 2. The SMILES string of the molecule is CC[C@H]1Oc2ccc(S(=O)(=O)N3CCN(C(=O)c4cccc(F)c4)CC3)cc2NC1=O. The molecule has 1 atom stereocenters. The minimum atomic E-state index is -3.82. The maximum absolute atomic E-state index is 13.4. The molecule has 10 heteroatoms. The van der Waals surface area contributed by atoms with Crippen molar-refractivity contribution in [3.05, 3.63) is 53.8 Å². The van der Waals surface area contributed by atoms with Gasteiger partial charge in [-0.1, -0.05) is 13.0 Å². The lowest BCUT2D eigenvalue weighted by atomic mass is 10.2. The van der Waals surface area contributed by atoms with Crippen LogP contribution in [0, 0.1) is 5.82 Å². The molecule has 31 heavy (non-hydrogen) atoms. The van der Waals surface area contributed by atoms with Crippen LogP contribution in [-0.2, 0) is 14.8 Å². The van der Waals surface area contributed by atoms with Gasteiger partial charge in [0, 0.05) is 31.7 Å². The fraction of sp³-hybridized carbons (Fsp3) is 0.333. The number of hydrogen-bond acceptors (Lipinski definition) is 5. The van der Waals surface area contributed by atoms with Crippen LogP contribution in [0.3, 0.4) is 0 Å². The van der Waals surface area contributed by atoms with Crippen molar-refractivity contribution < 1.29 is 27.1 Å². The number of nitrogens with one attached hydrogen (secondary N) is 1. The van der Waals surface area contributed by atoms with E-state index in [1.165, 1.54) is 45.6 Å². The molecule has 0 aliphatic carbocycles. The smallest absolute Gasteiger partial charge is 0.265 e. The first-order chi connectivity index (χ1) is 14.8. The third kappa shape index (κ3) is 4.13. The lowest BCUT2D eigenvalue weighted by Gasteiger charge is -2.34. The van der Waals surface area contributed by atoms with Crippen LogP contribution in [0.15, 0.2) is 47.4 Å². The van der Waals surface area contributed by atoms with Gasteiger partial charge in [0.2, 0.25) is 10.0 Å². The van der Waals surface area contributed by atoms with E-state index >= 15 is 0 Å². The number of rotatable bonds is 4. The van der Waals surface area contributed by atoms with Crippen LogP contribution in [-0.4, -0.2) is 61.7 Å². The van der Waals surface area contributed by atoms with E-state index in [0.717, 1.165) is 6.07 Å². The summed E-state index contributed by atoms with van der Waals surface area (Å²) in [5.74, 6) is -0.721. The third-order valence-corrected chi connectivity index (χ3v) is 7.27. The fourth-order valence-electron chi connectivity index (χ4n) is 3.64. The number of sulfonamides is 1. The Balaban J connectivity index is 1.47. The van der Waals surface area contributed by atoms with Crippen molar-refractivity contribution in [1.82, 2.24) is 9.21 Å². The van der Waals surface area contributed by atoms with Gasteiger partial charge >= 0.3 is 0 Å². The summed E-state index contributed by atoms with van der Waals surface area (Å²) in [6, 6.07) is 9.79. The highest BCUT2D eigenvalue weighted by molar-refractivity contribution is 7.89. The number of amides is 2. The van der Waals surface area contributed by atoms with E-state index < -0.39 is 21.9 Å². The second-order valence-corrected chi connectivity index (χ2v) is 9.31. The van der Waals surface area contributed by atoms with Crippen molar-refractivity contribution in [3.63, 3.8) is 0 Å². The Kier molecular flexibility index (Phi) is 5.67. The zero-order valence-corrected chi connectivity index (χ0v) is 17.7. The van der Waals surface area contributed by atoms with Crippen molar-refractivity contribution in [2.24, 2.45) is 0 Å². The number of ether oxygens (including phenoxy) is 1. The topological polar surface area (TPSA) is 96.0 Å². The lowest BCUT2D eigenvalue weighted by Crippen LogP contribution is -2.50. The Morgan fingerprint density at radius 1 is 1.16 bits per heavy atom. The predicted molar refractivity (Wildman–Crippen MR) is 111 cm³/mol. The van der Waals surface area contributed by atoms with Crippen LogP contribution in [0.1, 0.15) is 23.7 Å². The number of carbonyl (C=O) groups excluding carboxylic acids is 2. The monoisotopic (exact) mass is 447 g/mol. The van der Waals surface area contributed by atoms with E-state index in [-0.39, 0.29) is 48.5 Å². The summed E-state index contributed by atoms with van der Waals surface area (Å²) in [6.07, 6.45) is -0.0945. The van der Waals surface area contributed by atoms with Crippen LogP contribution in [0.2, 0.25) is 0 Å². The summed E-state index contributed by atoms with van der Waals surface area (Å²) in [6.45, 7) is 2.43. The minimum Gasteiger partial charge on any atom is -0.478 e. The first-order valence-electron chi connectivity index (χ1n) is 9.96. The molecule has 2 heterocycles. The summed E-state index contributed by atoms with van der Waals surface area (Å²) < 4.78 is 46.5. The van der Waals surface area contributed by atoms with Crippen molar-refractivity contribution in [3.8, 4) is 5.75 Å². The molecule has 2 aliphatic rings. The second-order valence-electron chi connectivity index (χ2n) is 7.37. The molecule has 2 aromatic carbocycles. The fourth-order valence-corrected chi connectivity index (χ4v) is 5.09. The molecule has 164 valence electrons. The summed E-state index contributed by atoms with van der Waals surface area (Å²) in [5.41, 5.74) is 0.544. The molecule has 4 rings (SSSR count). The Bertz CT molecular complexity index is 1130. The van der Waals surface area contributed by atoms with Gasteiger partial charge in [-0.2, -0.15) is 4.31 Å². The van der Waals surface area contributed by atoms with Crippen LogP contribution >= 0.6 is 0 Å². The highest BCUT2D eigenvalue weighted by atomic mass is 32.2. The molecule has 0 radical (unpaired) electrons. The summed E-state index contributed by atoms with van der Waals surface area (Å²) in [4.78, 5) is 26.1. The molecule has 0 bridgehead atoms. The van der Waals surface area contributed by atoms with Gasteiger partial charge in [-0.3, -0.25) is 9.59 Å². The zero-order chi connectivity index (χ0) is 22.2. The van der Waals surface area contributed by atoms with Crippen LogP contribution < -0.4 is 10.1 Å². The predicted octanol–water partition coefficient (Wildman–Crippen LogP) is 2.08. The van der Waals surface area contributed by atoms with Gasteiger partial charge in [-0.05, 0) is 42.8 Å². The molecular formula is C21H22FN3O5S. The average Bonchev–Trinajstić information content (AvgIpc) is 2.77. The maximum atomic E-state index is 13.4. The summed E-state index contributed by atoms with van der Waals surface area (Å²) in [7, 11) is -3.82. The van der Waals surface area contributed by atoms with Crippen LogP contribution in [0.4, 0.5) is 10.1 Å².